The second kappa shape index (κ2) is 15.1. The van der Waals surface area contributed by atoms with Crippen LogP contribution in [0.1, 0.15) is 97.8 Å². The van der Waals surface area contributed by atoms with Gasteiger partial charge in [-0.05, 0) is 19.8 Å². The summed E-state index contributed by atoms with van der Waals surface area (Å²) in [6.45, 7) is 7.05. The summed E-state index contributed by atoms with van der Waals surface area (Å²) in [5, 5.41) is 0. The minimum absolute atomic E-state index is 0.600. The van der Waals surface area contributed by atoms with Crippen molar-refractivity contribution in [3.63, 3.8) is 0 Å². The van der Waals surface area contributed by atoms with E-state index in [1.54, 1.807) is 0 Å². The average molecular weight is 318 g/mol. The minimum Gasteiger partial charge on any atom is -0.329 e. The van der Waals surface area contributed by atoms with Crippen LogP contribution in [-0.2, 0) is 9.09 Å². The molecular formula is C18H39O2P. The van der Waals surface area contributed by atoms with E-state index in [1.165, 1.54) is 64.2 Å². The molecule has 0 N–H and O–H groups in total. The Balaban J connectivity index is 3.76. The maximum atomic E-state index is 12.8. The first-order valence-corrected chi connectivity index (χ1v) is 11.4. The van der Waals surface area contributed by atoms with Gasteiger partial charge >= 0.3 is 0 Å². The standard InChI is InChI=1S/C18H39O2P/c1-4-7-9-11-13-15-17-21(19,20-6-3)18-16-14-12-10-8-5-2/h4-18H2,1-3H3. The van der Waals surface area contributed by atoms with Crippen molar-refractivity contribution in [2.45, 2.75) is 97.8 Å². The third kappa shape index (κ3) is 13.6. The molecule has 0 rings (SSSR count). The molecule has 0 spiro atoms. The van der Waals surface area contributed by atoms with Crippen molar-refractivity contribution in [3.05, 3.63) is 0 Å². The van der Waals surface area contributed by atoms with E-state index in [-0.39, 0.29) is 0 Å². The highest BCUT2D eigenvalue weighted by molar-refractivity contribution is 7.58. The normalized spacial score (nSPS) is 12.0. The lowest BCUT2D eigenvalue weighted by Crippen LogP contribution is -2.01. The molecule has 0 aliphatic rings. The van der Waals surface area contributed by atoms with Crippen LogP contribution in [0.2, 0.25) is 0 Å². The van der Waals surface area contributed by atoms with Gasteiger partial charge in [-0.25, -0.2) is 0 Å². The van der Waals surface area contributed by atoms with Crippen LogP contribution in [0, 0.1) is 0 Å². The van der Waals surface area contributed by atoms with E-state index in [0.717, 1.165) is 25.2 Å². The number of unbranched alkanes of at least 4 members (excludes halogenated alkanes) is 10. The Kier molecular flexibility index (Phi) is 15.2. The van der Waals surface area contributed by atoms with Crippen LogP contribution in [0.5, 0.6) is 0 Å². The molecule has 0 heterocycles. The molecule has 0 aromatic heterocycles. The first-order chi connectivity index (χ1) is 10.2. The largest absolute Gasteiger partial charge is 0.329 e. The SMILES string of the molecule is CCCCCCCCP(=O)(CCCCCCCC)OCC. The Labute approximate surface area is 133 Å². The highest BCUT2D eigenvalue weighted by atomic mass is 31.2. The van der Waals surface area contributed by atoms with Crippen LogP contribution < -0.4 is 0 Å². The maximum absolute atomic E-state index is 12.8. The van der Waals surface area contributed by atoms with Crippen molar-refractivity contribution in [3.8, 4) is 0 Å². The van der Waals surface area contributed by atoms with Crippen molar-refractivity contribution in [2.75, 3.05) is 18.9 Å². The average Bonchev–Trinajstić information content (AvgIpc) is 2.47. The Bertz CT molecular complexity index is 234. The van der Waals surface area contributed by atoms with Gasteiger partial charge in [0.1, 0.15) is 0 Å². The van der Waals surface area contributed by atoms with Gasteiger partial charge in [0.2, 0.25) is 7.37 Å². The van der Waals surface area contributed by atoms with E-state index in [4.69, 9.17) is 4.52 Å². The topological polar surface area (TPSA) is 26.3 Å². The van der Waals surface area contributed by atoms with Crippen molar-refractivity contribution < 1.29 is 9.09 Å². The second-order valence-corrected chi connectivity index (χ2v) is 9.00. The van der Waals surface area contributed by atoms with E-state index in [1.807, 2.05) is 6.92 Å². The number of hydrogen-bond donors (Lipinski definition) is 0. The summed E-state index contributed by atoms with van der Waals surface area (Å²) in [4.78, 5) is 0. The van der Waals surface area contributed by atoms with Crippen molar-refractivity contribution in [1.29, 1.82) is 0 Å². The summed E-state index contributed by atoms with van der Waals surface area (Å²) in [6.07, 6.45) is 16.7. The fourth-order valence-electron chi connectivity index (χ4n) is 2.74. The molecule has 0 radical (unpaired) electrons. The first-order valence-electron chi connectivity index (χ1n) is 9.41. The van der Waals surface area contributed by atoms with Gasteiger partial charge in [-0.3, -0.25) is 4.57 Å². The molecule has 2 nitrogen and oxygen atoms in total. The number of rotatable bonds is 16. The second-order valence-electron chi connectivity index (χ2n) is 6.22. The maximum Gasteiger partial charge on any atom is 0.203 e. The zero-order valence-corrected chi connectivity index (χ0v) is 15.8. The van der Waals surface area contributed by atoms with E-state index in [2.05, 4.69) is 13.8 Å². The van der Waals surface area contributed by atoms with Gasteiger partial charge in [0, 0.05) is 12.3 Å². The quantitative estimate of drug-likeness (QED) is 0.226. The van der Waals surface area contributed by atoms with E-state index in [0.29, 0.717) is 6.61 Å². The monoisotopic (exact) mass is 318 g/mol. The molecule has 0 atom stereocenters. The van der Waals surface area contributed by atoms with E-state index in [9.17, 15) is 4.57 Å². The number of hydrogen-bond acceptors (Lipinski definition) is 2. The molecule has 0 fully saturated rings. The van der Waals surface area contributed by atoms with Gasteiger partial charge in [0.05, 0.1) is 6.61 Å². The third-order valence-corrected chi connectivity index (χ3v) is 6.79. The van der Waals surface area contributed by atoms with Crippen LogP contribution in [-0.4, -0.2) is 18.9 Å². The highest BCUT2D eigenvalue weighted by Crippen LogP contribution is 2.48. The molecule has 0 saturated heterocycles. The van der Waals surface area contributed by atoms with Crippen LogP contribution >= 0.6 is 7.37 Å². The van der Waals surface area contributed by atoms with Crippen molar-refractivity contribution in [2.24, 2.45) is 0 Å². The summed E-state index contributed by atoms with van der Waals surface area (Å²) in [7, 11) is -2.33. The van der Waals surface area contributed by atoms with Crippen LogP contribution in [0.3, 0.4) is 0 Å². The summed E-state index contributed by atoms with van der Waals surface area (Å²) in [6, 6.07) is 0. The molecule has 0 saturated carbocycles. The molecule has 0 bridgehead atoms. The van der Waals surface area contributed by atoms with Gasteiger partial charge in [-0.1, -0.05) is 78.1 Å². The van der Waals surface area contributed by atoms with Gasteiger partial charge < -0.3 is 4.52 Å². The Morgan fingerprint density at radius 3 is 1.38 bits per heavy atom. The lowest BCUT2D eigenvalue weighted by Gasteiger charge is -2.17. The molecule has 0 aliphatic carbocycles. The van der Waals surface area contributed by atoms with Crippen LogP contribution in [0.25, 0.3) is 0 Å². The summed E-state index contributed by atoms with van der Waals surface area (Å²) >= 11 is 0. The molecule has 0 aromatic carbocycles. The first kappa shape index (κ1) is 21.2. The Morgan fingerprint density at radius 1 is 0.619 bits per heavy atom. The fourth-order valence-corrected chi connectivity index (χ4v) is 5.11. The molecule has 0 unspecified atom stereocenters. The highest BCUT2D eigenvalue weighted by Gasteiger charge is 2.21. The lowest BCUT2D eigenvalue weighted by molar-refractivity contribution is 0.330. The predicted octanol–water partition coefficient (Wildman–Crippen LogP) is 7.02. The predicted molar refractivity (Wildman–Crippen MR) is 95.7 cm³/mol. The van der Waals surface area contributed by atoms with Gasteiger partial charge in [-0.2, -0.15) is 0 Å². The van der Waals surface area contributed by atoms with Crippen LogP contribution in [0.15, 0.2) is 0 Å². The zero-order chi connectivity index (χ0) is 15.8. The summed E-state index contributed by atoms with van der Waals surface area (Å²) < 4.78 is 18.4. The zero-order valence-electron chi connectivity index (χ0n) is 14.9. The fraction of sp³-hybridized carbons (Fsp3) is 1.00. The summed E-state index contributed by atoms with van der Waals surface area (Å²) in [5.41, 5.74) is 0. The molecule has 0 amide bonds. The lowest BCUT2D eigenvalue weighted by atomic mass is 10.1. The molecule has 128 valence electrons. The Hall–Kier alpha value is 0.190. The van der Waals surface area contributed by atoms with Crippen LogP contribution in [0.4, 0.5) is 0 Å². The van der Waals surface area contributed by atoms with E-state index >= 15 is 0 Å². The Morgan fingerprint density at radius 2 is 1.00 bits per heavy atom. The van der Waals surface area contributed by atoms with Crippen molar-refractivity contribution >= 4 is 7.37 Å². The van der Waals surface area contributed by atoms with Gasteiger partial charge in [0.25, 0.3) is 0 Å². The molecule has 3 heteroatoms. The molecule has 0 aromatic rings. The van der Waals surface area contributed by atoms with Crippen molar-refractivity contribution in [1.82, 2.24) is 0 Å². The van der Waals surface area contributed by atoms with E-state index < -0.39 is 7.37 Å². The smallest absolute Gasteiger partial charge is 0.203 e. The molecular weight excluding hydrogens is 279 g/mol. The minimum atomic E-state index is -2.33. The summed E-state index contributed by atoms with van der Waals surface area (Å²) in [5.74, 6) is 0. The van der Waals surface area contributed by atoms with Gasteiger partial charge in [-0.15, -0.1) is 0 Å². The molecule has 0 aliphatic heterocycles. The third-order valence-electron chi connectivity index (χ3n) is 4.07. The van der Waals surface area contributed by atoms with Gasteiger partial charge in [0.15, 0.2) is 0 Å². The molecule has 21 heavy (non-hydrogen) atoms.